The standard InChI is InChI=1S/C13H18ClNO2/c1-2-3-4-7-10-17-13(16)15-12-9-6-5-8-11(12)14/h5-6,8-9H,2-4,7,10H2,1H3,(H,15,16). The minimum absolute atomic E-state index is 0.449. The van der Waals surface area contributed by atoms with E-state index in [1.165, 1.54) is 12.8 Å². The van der Waals surface area contributed by atoms with Crippen LogP contribution in [0.25, 0.3) is 0 Å². The second-order valence-electron chi connectivity index (χ2n) is 3.80. The number of para-hydroxylation sites is 1. The maximum atomic E-state index is 11.4. The Hall–Kier alpha value is -1.22. The van der Waals surface area contributed by atoms with E-state index in [1.807, 2.05) is 12.1 Å². The maximum absolute atomic E-state index is 11.4. The number of unbranched alkanes of at least 4 members (excludes halogenated alkanes) is 3. The first-order valence-electron chi connectivity index (χ1n) is 5.92. The van der Waals surface area contributed by atoms with Gasteiger partial charge in [0.25, 0.3) is 0 Å². The number of ether oxygens (including phenoxy) is 1. The highest BCUT2D eigenvalue weighted by molar-refractivity contribution is 6.33. The summed E-state index contributed by atoms with van der Waals surface area (Å²) < 4.78 is 5.04. The fourth-order valence-corrected chi connectivity index (χ4v) is 1.59. The van der Waals surface area contributed by atoms with Crippen molar-refractivity contribution in [2.45, 2.75) is 32.6 Å². The predicted octanol–water partition coefficient (Wildman–Crippen LogP) is 4.47. The van der Waals surface area contributed by atoms with Gasteiger partial charge in [0.2, 0.25) is 0 Å². The molecule has 0 saturated heterocycles. The van der Waals surface area contributed by atoms with Gasteiger partial charge in [-0.05, 0) is 18.6 Å². The Balaban J connectivity index is 2.23. The first-order chi connectivity index (χ1) is 8.24. The summed E-state index contributed by atoms with van der Waals surface area (Å²) in [6.07, 6.45) is 3.90. The molecule has 1 amide bonds. The van der Waals surface area contributed by atoms with E-state index in [-0.39, 0.29) is 0 Å². The van der Waals surface area contributed by atoms with Gasteiger partial charge in [-0.1, -0.05) is 49.9 Å². The van der Waals surface area contributed by atoms with Gasteiger partial charge in [0.1, 0.15) is 0 Å². The molecule has 0 aliphatic carbocycles. The molecule has 3 nitrogen and oxygen atoms in total. The average Bonchev–Trinajstić information content (AvgIpc) is 2.32. The Morgan fingerprint density at radius 1 is 1.29 bits per heavy atom. The first kappa shape index (κ1) is 13.8. The third-order valence-electron chi connectivity index (χ3n) is 2.34. The van der Waals surface area contributed by atoms with Crippen LogP contribution in [0.1, 0.15) is 32.6 Å². The summed E-state index contributed by atoms with van der Waals surface area (Å²) in [5.74, 6) is 0. The van der Waals surface area contributed by atoms with E-state index >= 15 is 0 Å². The smallest absolute Gasteiger partial charge is 0.411 e. The second-order valence-corrected chi connectivity index (χ2v) is 4.21. The van der Waals surface area contributed by atoms with Gasteiger partial charge in [0.05, 0.1) is 17.3 Å². The molecule has 4 heteroatoms. The molecule has 0 radical (unpaired) electrons. The Morgan fingerprint density at radius 3 is 2.76 bits per heavy atom. The Bertz CT molecular complexity index is 355. The van der Waals surface area contributed by atoms with E-state index in [4.69, 9.17) is 16.3 Å². The molecule has 94 valence electrons. The normalized spacial score (nSPS) is 10.0. The van der Waals surface area contributed by atoms with Crippen LogP contribution < -0.4 is 5.32 Å². The lowest BCUT2D eigenvalue weighted by Gasteiger charge is -2.07. The topological polar surface area (TPSA) is 38.3 Å². The molecule has 17 heavy (non-hydrogen) atoms. The third-order valence-corrected chi connectivity index (χ3v) is 2.67. The largest absolute Gasteiger partial charge is 0.449 e. The van der Waals surface area contributed by atoms with Crippen molar-refractivity contribution in [3.8, 4) is 0 Å². The Kier molecular flexibility index (Phi) is 6.48. The molecule has 0 bridgehead atoms. The van der Waals surface area contributed by atoms with Crippen LogP contribution in [0.5, 0.6) is 0 Å². The van der Waals surface area contributed by atoms with Gasteiger partial charge in [0, 0.05) is 0 Å². The predicted molar refractivity (Wildman–Crippen MR) is 70.6 cm³/mol. The van der Waals surface area contributed by atoms with Crippen molar-refractivity contribution < 1.29 is 9.53 Å². The SMILES string of the molecule is CCCCCCOC(=O)Nc1ccccc1Cl. The number of carbonyl (C=O) groups excluding carboxylic acids is 1. The van der Waals surface area contributed by atoms with Crippen LogP contribution >= 0.6 is 11.6 Å². The molecule has 0 atom stereocenters. The average molecular weight is 256 g/mol. The number of rotatable bonds is 6. The van der Waals surface area contributed by atoms with Crippen LogP contribution in [0.3, 0.4) is 0 Å². The molecule has 0 unspecified atom stereocenters. The van der Waals surface area contributed by atoms with Crippen molar-refractivity contribution in [2.24, 2.45) is 0 Å². The van der Waals surface area contributed by atoms with E-state index in [0.29, 0.717) is 17.3 Å². The zero-order valence-electron chi connectivity index (χ0n) is 10.0. The van der Waals surface area contributed by atoms with Crippen molar-refractivity contribution >= 4 is 23.4 Å². The van der Waals surface area contributed by atoms with E-state index in [2.05, 4.69) is 12.2 Å². The minimum Gasteiger partial charge on any atom is -0.449 e. The van der Waals surface area contributed by atoms with Crippen molar-refractivity contribution in [3.63, 3.8) is 0 Å². The Labute approximate surface area is 107 Å². The zero-order valence-corrected chi connectivity index (χ0v) is 10.8. The van der Waals surface area contributed by atoms with Crippen LogP contribution in [-0.4, -0.2) is 12.7 Å². The molecule has 0 aromatic heterocycles. The summed E-state index contributed by atoms with van der Waals surface area (Å²) in [5.41, 5.74) is 0.577. The highest BCUT2D eigenvalue weighted by atomic mass is 35.5. The summed E-state index contributed by atoms with van der Waals surface area (Å²) in [4.78, 5) is 11.4. The molecule has 0 heterocycles. The summed E-state index contributed by atoms with van der Waals surface area (Å²) >= 11 is 5.90. The van der Waals surface area contributed by atoms with Crippen LogP contribution in [0.15, 0.2) is 24.3 Å². The number of hydrogen-bond donors (Lipinski definition) is 1. The number of halogens is 1. The van der Waals surface area contributed by atoms with Gasteiger partial charge in [-0.25, -0.2) is 4.79 Å². The highest BCUT2D eigenvalue weighted by Gasteiger charge is 2.05. The molecule has 1 aromatic rings. The lowest BCUT2D eigenvalue weighted by atomic mass is 10.2. The molecule has 1 N–H and O–H groups in total. The number of hydrogen-bond acceptors (Lipinski definition) is 2. The minimum atomic E-state index is -0.449. The number of carbonyl (C=O) groups is 1. The van der Waals surface area contributed by atoms with E-state index in [0.717, 1.165) is 12.8 Å². The highest BCUT2D eigenvalue weighted by Crippen LogP contribution is 2.20. The van der Waals surface area contributed by atoms with Crippen molar-refractivity contribution in [1.29, 1.82) is 0 Å². The quantitative estimate of drug-likeness (QED) is 0.762. The van der Waals surface area contributed by atoms with Crippen LogP contribution in [0, 0.1) is 0 Å². The van der Waals surface area contributed by atoms with Gasteiger partial charge in [-0.3, -0.25) is 5.32 Å². The molecule has 0 aliphatic rings. The van der Waals surface area contributed by atoms with E-state index in [9.17, 15) is 4.79 Å². The van der Waals surface area contributed by atoms with Crippen molar-refractivity contribution in [3.05, 3.63) is 29.3 Å². The number of amides is 1. The molecular formula is C13H18ClNO2. The molecule has 0 aliphatic heterocycles. The summed E-state index contributed by atoms with van der Waals surface area (Å²) in [6.45, 7) is 2.60. The molecule has 1 rings (SSSR count). The number of anilines is 1. The Morgan fingerprint density at radius 2 is 2.06 bits per heavy atom. The maximum Gasteiger partial charge on any atom is 0.411 e. The van der Waals surface area contributed by atoms with Gasteiger partial charge in [0.15, 0.2) is 0 Å². The lowest BCUT2D eigenvalue weighted by molar-refractivity contribution is 0.159. The number of benzene rings is 1. The van der Waals surface area contributed by atoms with Crippen LogP contribution in [-0.2, 0) is 4.74 Å². The van der Waals surface area contributed by atoms with E-state index in [1.54, 1.807) is 12.1 Å². The summed E-state index contributed by atoms with van der Waals surface area (Å²) in [7, 11) is 0. The monoisotopic (exact) mass is 255 g/mol. The fourth-order valence-electron chi connectivity index (χ4n) is 1.40. The molecular weight excluding hydrogens is 238 g/mol. The molecule has 0 spiro atoms. The summed E-state index contributed by atoms with van der Waals surface area (Å²) in [5, 5.41) is 3.12. The van der Waals surface area contributed by atoms with Gasteiger partial charge in [-0.2, -0.15) is 0 Å². The fraction of sp³-hybridized carbons (Fsp3) is 0.462. The van der Waals surface area contributed by atoms with Crippen LogP contribution in [0.4, 0.5) is 10.5 Å². The summed E-state index contributed by atoms with van der Waals surface area (Å²) in [6, 6.07) is 7.07. The van der Waals surface area contributed by atoms with Crippen molar-refractivity contribution in [2.75, 3.05) is 11.9 Å². The second kappa shape index (κ2) is 7.96. The third kappa shape index (κ3) is 5.59. The molecule has 0 saturated carbocycles. The zero-order chi connectivity index (χ0) is 12.5. The lowest BCUT2D eigenvalue weighted by Crippen LogP contribution is -2.14. The molecule has 0 fully saturated rings. The van der Waals surface area contributed by atoms with Gasteiger partial charge < -0.3 is 4.74 Å². The number of nitrogens with one attached hydrogen (secondary N) is 1. The van der Waals surface area contributed by atoms with Crippen LogP contribution in [0.2, 0.25) is 5.02 Å². The van der Waals surface area contributed by atoms with Gasteiger partial charge in [-0.15, -0.1) is 0 Å². The van der Waals surface area contributed by atoms with E-state index < -0.39 is 6.09 Å². The van der Waals surface area contributed by atoms with Gasteiger partial charge >= 0.3 is 6.09 Å². The first-order valence-corrected chi connectivity index (χ1v) is 6.30. The molecule has 1 aromatic carbocycles. The van der Waals surface area contributed by atoms with Crippen molar-refractivity contribution in [1.82, 2.24) is 0 Å².